The molecule has 1 aromatic carbocycles. The molecule has 0 N–H and O–H groups in total. The van der Waals surface area contributed by atoms with E-state index >= 15 is 0 Å². The predicted molar refractivity (Wildman–Crippen MR) is 84.9 cm³/mol. The number of fused-ring (bicyclic) bond motifs is 1. The Labute approximate surface area is 133 Å². The zero-order valence-electron chi connectivity index (χ0n) is 12.8. The van der Waals surface area contributed by atoms with Crippen LogP contribution in [0.25, 0.3) is 11.1 Å². The molecule has 1 aliphatic heterocycles. The van der Waals surface area contributed by atoms with Crippen LogP contribution in [0.2, 0.25) is 0 Å². The van der Waals surface area contributed by atoms with Gasteiger partial charge in [-0.05, 0) is 25.5 Å². The largest absolute Gasteiger partial charge is 0.420 e. The quantitative estimate of drug-likeness (QED) is 0.816. The minimum Gasteiger partial charge on any atom is -0.408 e. The number of nitrogens with zero attached hydrogens (tertiary/aromatic N) is 2. The first-order chi connectivity index (χ1) is 10.9. The lowest BCUT2D eigenvalue weighted by Gasteiger charge is -2.26. The van der Waals surface area contributed by atoms with Crippen LogP contribution in [0, 0.1) is 0 Å². The van der Waals surface area contributed by atoms with E-state index in [1.54, 1.807) is 36.1 Å². The molecule has 7 nitrogen and oxygen atoms in total. The minimum atomic E-state index is -3.07. The van der Waals surface area contributed by atoms with E-state index in [1.165, 1.54) is 4.57 Å². The van der Waals surface area contributed by atoms with E-state index in [1.807, 2.05) is 0 Å². The summed E-state index contributed by atoms with van der Waals surface area (Å²) in [6, 6.07) is 6.58. The lowest BCUT2D eigenvalue weighted by molar-refractivity contribution is -0.133. The Morgan fingerprint density at radius 2 is 2.13 bits per heavy atom. The Morgan fingerprint density at radius 1 is 1.39 bits per heavy atom. The van der Waals surface area contributed by atoms with Gasteiger partial charge in [0.05, 0.1) is 17.0 Å². The highest BCUT2D eigenvalue weighted by Gasteiger charge is 2.34. The van der Waals surface area contributed by atoms with Gasteiger partial charge in [-0.1, -0.05) is 12.1 Å². The number of para-hydroxylation sites is 2. The molecule has 8 heteroatoms. The van der Waals surface area contributed by atoms with Crippen molar-refractivity contribution in [2.24, 2.45) is 0 Å². The van der Waals surface area contributed by atoms with E-state index in [9.17, 15) is 18.0 Å². The maximum atomic E-state index is 12.6. The van der Waals surface area contributed by atoms with E-state index < -0.39 is 15.6 Å². The molecule has 0 bridgehead atoms. The standard InChI is InChI=1S/C15H18N2O5S/c1-2-16(11-7-8-23(20,21)10-11)14(18)9-17-12-5-3-4-6-13(12)22-15(17)19/h3-6,11H,2,7-10H2,1H3/t11-/m0/s1. The molecule has 1 aliphatic rings. The third-order valence-corrected chi connectivity index (χ3v) is 5.93. The SMILES string of the molecule is CCN(C(=O)Cn1c(=O)oc2ccccc21)[C@H]1CCS(=O)(=O)C1. The second-order valence-electron chi connectivity index (χ2n) is 5.66. The van der Waals surface area contributed by atoms with Crippen LogP contribution in [0.4, 0.5) is 0 Å². The van der Waals surface area contributed by atoms with Crippen LogP contribution in [0.15, 0.2) is 33.5 Å². The number of hydrogen-bond donors (Lipinski definition) is 0. The summed E-state index contributed by atoms with van der Waals surface area (Å²) in [4.78, 5) is 26.0. The topological polar surface area (TPSA) is 89.6 Å². The second-order valence-corrected chi connectivity index (χ2v) is 7.89. The molecular formula is C15H18N2O5S. The van der Waals surface area contributed by atoms with Crippen molar-refractivity contribution in [1.82, 2.24) is 9.47 Å². The third kappa shape index (κ3) is 3.03. The summed E-state index contributed by atoms with van der Waals surface area (Å²) in [6.45, 7) is 2.06. The van der Waals surface area contributed by atoms with Crippen LogP contribution in [0.5, 0.6) is 0 Å². The summed E-state index contributed by atoms with van der Waals surface area (Å²) < 4.78 is 29.6. The van der Waals surface area contributed by atoms with Crippen molar-refractivity contribution in [2.45, 2.75) is 25.9 Å². The Kier molecular flexibility index (Phi) is 4.01. The molecule has 0 aliphatic carbocycles. The first kappa shape index (κ1) is 15.8. The van der Waals surface area contributed by atoms with Gasteiger partial charge >= 0.3 is 5.76 Å². The maximum Gasteiger partial charge on any atom is 0.420 e. The summed E-state index contributed by atoms with van der Waals surface area (Å²) in [5.41, 5.74) is 0.984. The molecule has 3 rings (SSSR count). The van der Waals surface area contributed by atoms with Crippen LogP contribution < -0.4 is 5.76 Å². The van der Waals surface area contributed by atoms with Gasteiger partial charge in [0.25, 0.3) is 0 Å². The molecule has 0 radical (unpaired) electrons. The van der Waals surface area contributed by atoms with Gasteiger partial charge < -0.3 is 9.32 Å². The third-order valence-electron chi connectivity index (χ3n) is 4.18. The number of sulfone groups is 1. The molecule has 1 saturated heterocycles. The molecule has 23 heavy (non-hydrogen) atoms. The normalized spacial score (nSPS) is 20.0. The van der Waals surface area contributed by atoms with Crippen LogP contribution in [-0.2, 0) is 21.2 Å². The minimum absolute atomic E-state index is 0.00634. The van der Waals surface area contributed by atoms with Gasteiger partial charge in [0.15, 0.2) is 15.4 Å². The van der Waals surface area contributed by atoms with Crippen molar-refractivity contribution >= 4 is 26.8 Å². The second kappa shape index (κ2) is 5.84. The van der Waals surface area contributed by atoms with Crippen LogP contribution in [-0.4, -0.2) is 47.9 Å². The summed E-state index contributed by atoms with van der Waals surface area (Å²) >= 11 is 0. The van der Waals surface area contributed by atoms with Crippen molar-refractivity contribution in [1.29, 1.82) is 0 Å². The van der Waals surface area contributed by atoms with E-state index in [0.717, 1.165) is 0 Å². The van der Waals surface area contributed by atoms with Gasteiger partial charge in [0.1, 0.15) is 6.54 Å². The molecule has 2 heterocycles. The Hall–Kier alpha value is -2.09. The molecule has 124 valence electrons. The average molecular weight is 338 g/mol. The Morgan fingerprint density at radius 3 is 2.78 bits per heavy atom. The van der Waals surface area contributed by atoms with Gasteiger partial charge in [-0.3, -0.25) is 9.36 Å². The highest BCUT2D eigenvalue weighted by Crippen LogP contribution is 2.19. The van der Waals surface area contributed by atoms with Crippen LogP contribution >= 0.6 is 0 Å². The number of carbonyl (C=O) groups excluding carboxylic acids is 1. The first-order valence-electron chi connectivity index (χ1n) is 7.49. The molecule has 2 aromatic rings. The summed E-state index contributed by atoms with van der Waals surface area (Å²) in [7, 11) is -3.07. The molecule has 0 unspecified atom stereocenters. The molecule has 1 aromatic heterocycles. The number of oxazole rings is 1. The summed E-state index contributed by atoms with van der Waals surface area (Å²) in [6.07, 6.45) is 0.447. The number of carbonyl (C=O) groups is 1. The number of benzene rings is 1. The highest BCUT2D eigenvalue weighted by atomic mass is 32.2. The van der Waals surface area contributed by atoms with E-state index in [4.69, 9.17) is 4.42 Å². The zero-order valence-corrected chi connectivity index (χ0v) is 13.6. The Bertz CT molecular complexity index is 896. The van der Waals surface area contributed by atoms with Gasteiger partial charge in [-0.25, -0.2) is 13.2 Å². The van der Waals surface area contributed by atoms with Crippen molar-refractivity contribution < 1.29 is 17.6 Å². The molecule has 0 saturated carbocycles. The lowest BCUT2D eigenvalue weighted by Crippen LogP contribution is -2.43. The van der Waals surface area contributed by atoms with Gasteiger partial charge in [-0.2, -0.15) is 0 Å². The number of aromatic nitrogens is 1. The molecule has 1 amide bonds. The van der Waals surface area contributed by atoms with Crippen LogP contribution in [0.1, 0.15) is 13.3 Å². The maximum absolute atomic E-state index is 12.6. The summed E-state index contributed by atoms with van der Waals surface area (Å²) in [5.74, 6) is -0.762. The van der Waals surface area contributed by atoms with Crippen molar-refractivity contribution in [2.75, 3.05) is 18.1 Å². The fourth-order valence-electron chi connectivity index (χ4n) is 3.05. The zero-order chi connectivity index (χ0) is 16.6. The van der Waals surface area contributed by atoms with Gasteiger partial charge in [0, 0.05) is 12.6 Å². The number of likely N-dealkylation sites (N-methyl/N-ethyl adjacent to an activating group) is 1. The number of rotatable bonds is 4. The predicted octanol–water partition coefficient (Wildman–Crippen LogP) is 0.630. The van der Waals surface area contributed by atoms with Crippen molar-refractivity contribution in [3.63, 3.8) is 0 Å². The van der Waals surface area contributed by atoms with E-state index in [-0.39, 0.29) is 30.0 Å². The average Bonchev–Trinajstić information content (AvgIpc) is 3.00. The number of hydrogen-bond acceptors (Lipinski definition) is 5. The smallest absolute Gasteiger partial charge is 0.408 e. The molecule has 1 atom stereocenters. The fraction of sp³-hybridized carbons (Fsp3) is 0.467. The van der Waals surface area contributed by atoms with Gasteiger partial charge in [-0.15, -0.1) is 0 Å². The monoisotopic (exact) mass is 338 g/mol. The van der Waals surface area contributed by atoms with Crippen molar-refractivity contribution in [3.05, 3.63) is 34.8 Å². The van der Waals surface area contributed by atoms with Gasteiger partial charge in [0.2, 0.25) is 5.91 Å². The molecule has 1 fully saturated rings. The van der Waals surface area contributed by atoms with Crippen molar-refractivity contribution in [3.8, 4) is 0 Å². The van der Waals surface area contributed by atoms with E-state index in [2.05, 4.69) is 0 Å². The Balaban J connectivity index is 1.85. The van der Waals surface area contributed by atoms with E-state index in [0.29, 0.717) is 24.1 Å². The lowest BCUT2D eigenvalue weighted by atomic mass is 10.2. The molecular weight excluding hydrogens is 320 g/mol. The summed E-state index contributed by atoms with van der Waals surface area (Å²) in [5, 5.41) is 0. The highest BCUT2D eigenvalue weighted by molar-refractivity contribution is 7.91. The molecule has 0 spiro atoms. The van der Waals surface area contributed by atoms with Crippen LogP contribution in [0.3, 0.4) is 0 Å². The first-order valence-corrected chi connectivity index (χ1v) is 9.31. The number of amides is 1. The fourth-order valence-corrected chi connectivity index (χ4v) is 4.78.